The number of nitrogens with zero attached hydrogens (tertiary/aromatic N) is 3. The van der Waals surface area contributed by atoms with E-state index in [2.05, 4.69) is 52.3 Å². The standard InChI is InChI=1S/C14H25N5/c1-10(2)8-16-13-7-14(18-12(4)17-13)19-6-5-15-11(3)9-19/h7,10-11,15H,5-6,8-9H2,1-4H3,(H,16,17,18). The zero-order chi connectivity index (χ0) is 13.8. The van der Waals surface area contributed by atoms with Crippen LogP contribution in [-0.4, -0.2) is 42.2 Å². The van der Waals surface area contributed by atoms with E-state index < -0.39 is 0 Å². The Bertz CT molecular complexity index is 418. The molecule has 1 aromatic heterocycles. The van der Waals surface area contributed by atoms with Gasteiger partial charge in [0.2, 0.25) is 0 Å². The van der Waals surface area contributed by atoms with Gasteiger partial charge in [-0.05, 0) is 19.8 Å². The monoisotopic (exact) mass is 263 g/mol. The van der Waals surface area contributed by atoms with E-state index in [1.54, 1.807) is 0 Å². The average Bonchev–Trinajstić information content (AvgIpc) is 2.36. The molecule has 1 aliphatic heterocycles. The molecule has 1 fully saturated rings. The van der Waals surface area contributed by atoms with Gasteiger partial charge in [0, 0.05) is 38.3 Å². The number of anilines is 2. The van der Waals surface area contributed by atoms with Gasteiger partial charge >= 0.3 is 0 Å². The lowest BCUT2D eigenvalue weighted by Crippen LogP contribution is -2.49. The molecule has 1 atom stereocenters. The molecule has 2 rings (SSSR count). The van der Waals surface area contributed by atoms with Crippen LogP contribution in [0.25, 0.3) is 0 Å². The van der Waals surface area contributed by atoms with Crippen LogP contribution >= 0.6 is 0 Å². The van der Waals surface area contributed by atoms with Crippen LogP contribution < -0.4 is 15.5 Å². The largest absolute Gasteiger partial charge is 0.370 e. The zero-order valence-corrected chi connectivity index (χ0v) is 12.4. The highest BCUT2D eigenvalue weighted by Gasteiger charge is 2.17. The minimum absolute atomic E-state index is 0.510. The maximum absolute atomic E-state index is 4.57. The average molecular weight is 263 g/mol. The summed E-state index contributed by atoms with van der Waals surface area (Å²) in [5.74, 6) is 3.40. The minimum atomic E-state index is 0.510. The highest BCUT2D eigenvalue weighted by molar-refractivity contribution is 5.49. The van der Waals surface area contributed by atoms with E-state index in [4.69, 9.17) is 0 Å². The maximum atomic E-state index is 4.57. The second-order valence-corrected chi connectivity index (χ2v) is 5.73. The van der Waals surface area contributed by atoms with Crippen molar-refractivity contribution >= 4 is 11.6 Å². The first-order valence-corrected chi connectivity index (χ1v) is 7.12. The second-order valence-electron chi connectivity index (χ2n) is 5.73. The zero-order valence-electron chi connectivity index (χ0n) is 12.4. The van der Waals surface area contributed by atoms with Crippen LogP contribution in [0.4, 0.5) is 11.6 Å². The number of nitrogens with one attached hydrogen (secondary N) is 2. The molecule has 1 saturated heterocycles. The summed E-state index contributed by atoms with van der Waals surface area (Å²) in [6, 6.07) is 2.57. The Morgan fingerprint density at radius 1 is 1.47 bits per heavy atom. The maximum Gasteiger partial charge on any atom is 0.134 e. The number of piperazine rings is 1. The molecule has 2 heterocycles. The molecule has 2 N–H and O–H groups in total. The van der Waals surface area contributed by atoms with Crippen molar-refractivity contribution in [2.75, 3.05) is 36.4 Å². The first-order valence-electron chi connectivity index (χ1n) is 7.12. The van der Waals surface area contributed by atoms with Crippen molar-refractivity contribution in [1.29, 1.82) is 0 Å². The summed E-state index contributed by atoms with van der Waals surface area (Å²) in [4.78, 5) is 11.4. The van der Waals surface area contributed by atoms with Crippen LogP contribution in [-0.2, 0) is 0 Å². The highest BCUT2D eigenvalue weighted by Crippen LogP contribution is 2.17. The number of rotatable bonds is 4. The fourth-order valence-electron chi connectivity index (χ4n) is 2.25. The van der Waals surface area contributed by atoms with Gasteiger partial charge in [0.15, 0.2) is 0 Å². The Kier molecular flexibility index (Phi) is 4.58. The molecule has 0 bridgehead atoms. The van der Waals surface area contributed by atoms with Gasteiger partial charge in [-0.25, -0.2) is 9.97 Å². The van der Waals surface area contributed by atoms with Crippen molar-refractivity contribution in [3.63, 3.8) is 0 Å². The summed E-state index contributed by atoms with van der Waals surface area (Å²) < 4.78 is 0. The van der Waals surface area contributed by atoms with Crippen molar-refractivity contribution in [3.05, 3.63) is 11.9 Å². The minimum Gasteiger partial charge on any atom is -0.370 e. The third kappa shape index (κ3) is 4.06. The number of hydrogen-bond acceptors (Lipinski definition) is 5. The smallest absolute Gasteiger partial charge is 0.134 e. The molecule has 0 spiro atoms. The SMILES string of the molecule is Cc1nc(NCC(C)C)cc(N2CCNC(C)C2)n1. The Morgan fingerprint density at radius 3 is 2.95 bits per heavy atom. The number of aryl methyl sites for hydroxylation is 1. The molecule has 19 heavy (non-hydrogen) atoms. The highest BCUT2D eigenvalue weighted by atomic mass is 15.3. The Morgan fingerprint density at radius 2 is 2.26 bits per heavy atom. The molecule has 1 aliphatic rings. The van der Waals surface area contributed by atoms with Gasteiger partial charge in [-0.15, -0.1) is 0 Å². The molecule has 0 amide bonds. The fourth-order valence-corrected chi connectivity index (χ4v) is 2.25. The molecule has 5 nitrogen and oxygen atoms in total. The summed E-state index contributed by atoms with van der Waals surface area (Å²) in [5, 5.41) is 6.83. The topological polar surface area (TPSA) is 53.1 Å². The van der Waals surface area contributed by atoms with Crippen LogP contribution in [0.1, 0.15) is 26.6 Å². The third-order valence-corrected chi connectivity index (χ3v) is 3.21. The van der Waals surface area contributed by atoms with E-state index in [0.717, 1.165) is 43.6 Å². The van der Waals surface area contributed by atoms with Crippen molar-refractivity contribution in [3.8, 4) is 0 Å². The van der Waals surface area contributed by atoms with E-state index in [1.807, 2.05) is 6.92 Å². The Labute approximate surface area is 115 Å². The normalized spacial score (nSPS) is 19.8. The molecular formula is C14H25N5. The van der Waals surface area contributed by atoms with Crippen molar-refractivity contribution in [2.45, 2.75) is 33.7 Å². The third-order valence-electron chi connectivity index (χ3n) is 3.21. The van der Waals surface area contributed by atoms with Crippen LogP contribution in [0.2, 0.25) is 0 Å². The quantitative estimate of drug-likeness (QED) is 0.865. The molecular weight excluding hydrogens is 238 g/mol. The molecule has 0 aromatic carbocycles. The molecule has 1 unspecified atom stereocenters. The summed E-state index contributed by atoms with van der Waals surface area (Å²) in [5.41, 5.74) is 0. The lowest BCUT2D eigenvalue weighted by Gasteiger charge is -2.33. The van der Waals surface area contributed by atoms with E-state index in [0.29, 0.717) is 12.0 Å². The van der Waals surface area contributed by atoms with Crippen LogP contribution in [0.3, 0.4) is 0 Å². The lowest BCUT2D eigenvalue weighted by molar-refractivity contribution is 0.482. The van der Waals surface area contributed by atoms with E-state index in [-0.39, 0.29) is 0 Å². The first-order chi connectivity index (χ1) is 9.04. The Balaban J connectivity index is 2.11. The Hall–Kier alpha value is -1.36. The summed E-state index contributed by atoms with van der Waals surface area (Å²) in [7, 11) is 0. The van der Waals surface area contributed by atoms with E-state index in [1.165, 1.54) is 0 Å². The fraction of sp³-hybridized carbons (Fsp3) is 0.714. The summed E-state index contributed by atoms with van der Waals surface area (Å²) in [6.07, 6.45) is 0. The van der Waals surface area contributed by atoms with Crippen molar-refractivity contribution in [1.82, 2.24) is 15.3 Å². The van der Waals surface area contributed by atoms with Gasteiger partial charge in [0.25, 0.3) is 0 Å². The molecule has 0 saturated carbocycles. The first kappa shape index (κ1) is 14.1. The molecule has 106 valence electrons. The molecule has 1 aromatic rings. The molecule has 0 radical (unpaired) electrons. The number of aromatic nitrogens is 2. The number of hydrogen-bond donors (Lipinski definition) is 2. The van der Waals surface area contributed by atoms with Crippen molar-refractivity contribution < 1.29 is 0 Å². The van der Waals surface area contributed by atoms with Gasteiger partial charge in [-0.1, -0.05) is 13.8 Å². The van der Waals surface area contributed by atoms with Crippen LogP contribution in [0.15, 0.2) is 6.07 Å². The molecule has 0 aliphatic carbocycles. The van der Waals surface area contributed by atoms with Gasteiger partial charge in [0.05, 0.1) is 0 Å². The van der Waals surface area contributed by atoms with Crippen molar-refractivity contribution in [2.24, 2.45) is 5.92 Å². The van der Waals surface area contributed by atoms with Gasteiger partial charge in [-0.3, -0.25) is 0 Å². The van der Waals surface area contributed by atoms with E-state index >= 15 is 0 Å². The predicted molar refractivity (Wildman–Crippen MR) is 79.8 cm³/mol. The van der Waals surface area contributed by atoms with Crippen LogP contribution in [0, 0.1) is 12.8 Å². The van der Waals surface area contributed by atoms with Gasteiger partial charge < -0.3 is 15.5 Å². The van der Waals surface area contributed by atoms with Crippen LogP contribution in [0.5, 0.6) is 0 Å². The summed E-state index contributed by atoms with van der Waals surface area (Å²) in [6.45, 7) is 12.5. The lowest BCUT2D eigenvalue weighted by atomic mass is 10.2. The van der Waals surface area contributed by atoms with Gasteiger partial charge in [-0.2, -0.15) is 0 Å². The predicted octanol–water partition coefficient (Wildman–Crippen LogP) is 1.65. The molecule has 5 heteroatoms. The van der Waals surface area contributed by atoms with Gasteiger partial charge in [0.1, 0.15) is 17.5 Å². The van der Waals surface area contributed by atoms with E-state index in [9.17, 15) is 0 Å². The second kappa shape index (κ2) is 6.19. The summed E-state index contributed by atoms with van der Waals surface area (Å²) >= 11 is 0.